The van der Waals surface area contributed by atoms with Crippen molar-refractivity contribution in [3.63, 3.8) is 0 Å². The van der Waals surface area contributed by atoms with E-state index in [2.05, 4.69) is 25.1 Å². The number of benzene rings is 1. The molecule has 1 heterocycles. The van der Waals surface area contributed by atoms with E-state index in [9.17, 15) is 4.79 Å². The quantitative estimate of drug-likeness (QED) is 0.770. The van der Waals surface area contributed by atoms with Crippen LogP contribution >= 0.6 is 0 Å². The molecule has 1 aromatic carbocycles. The molecule has 20 heavy (non-hydrogen) atoms. The van der Waals surface area contributed by atoms with Crippen molar-refractivity contribution < 1.29 is 9.53 Å². The lowest BCUT2D eigenvalue weighted by Crippen LogP contribution is -2.42. The van der Waals surface area contributed by atoms with E-state index in [4.69, 9.17) is 4.74 Å². The Labute approximate surface area is 119 Å². The number of hydrogen-bond acceptors (Lipinski definition) is 2. The van der Waals surface area contributed by atoms with Gasteiger partial charge in [0.15, 0.2) is 0 Å². The number of fused-ring (bicyclic) bond motifs is 1. The molecule has 0 spiro atoms. The van der Waals surface area contributed by atoms with E-state index in [1.54, 1.807) is 0 Å². The summed E-state index contributed by atoms with van der Waals surface area (Å²) in [6.07, 6.45) is 7.27. The van der Waals surface area contributed by atoms with Crippen LogP contribution in [0.15, 0.2) is 35.4 Å². The van der Waals surface area contributed by atoms with Gasteiger partial charge in [-0.15, -0.1) is 0 Å². The molecule has 1 atom stereocenters. The van der Waals surface area contributed by atoms with E-state index in [1.807, 2.05) is 19.1 Å². The van der Waals surface area contributed by atoms with Crippen molar-refractivity contribution in [2.75, 3.05) is 0 Å². The summed E-state index contributed by atoms with van der Waals surface area (Å²) in [7, 11) is 0. The molecule has 0 radical (unpaired) electrons. The van der Waals surface area contributed by atoms with Gasteiger partial charge in [0.1, 0.15) is 17.6 Å². The lowest BCUT2D eigenvalue weighted by Gasteiger charge is -2.36. The zero-order chi connectivity index (χ0) is 14.2. The molecule has 0 amide bonds. The van der Waals surface area contributed by atoms with Crippen LogP contribution in [0, 0.1) is 0 Å². The number of rotatable bonds is 2. The van der Waals surface area contributed by atoms with Gasteiger partial charge in [-0.3, -0.25) is 4.79 Å². The maximum Gasteiger partial charge on any atom is 0.146 e. The Kier molecular flexibility index (Phi) is 3.25. The number of hydrogen-bond donors (Lipinski definition) is 0. The molecule has 1 unspecified atom stereocenters. The lowest BCUT2D eigenvalue weighted by atomic mass is 9.81. The van der Waals surface area contributed by atoms with Crippen molar-refractivity contribution in [3.8, 4) is 0 Å². The summed E-state index contributed by atoms with van der Waals surface area (Å²) < 4.78 is 6.22. The maximum atomic E-state index is 11.3. The van der Waals surface area contributed by atoms with Gasteiger partial charge in [0.25, 0.3) is 0 Å². The monoisotopic (exact) mass is 268 g/mol. The molecule has 104 valence electrons. The highest BCUT2D eigenvalue weighted by Crippen LogP contribution is 2.37. The predicted molar refractivity (Wildman–Crippen MR) is 80.3 cm³/mol. The van der Waals surface area contributed by atoms with Crippen LogP contribution < -0.4 is 10.4 Å². The van der Waals surface area contributed by atoms with Crippen molar-refractivity contribution in [2.24, 2.45) is 0 Å². The molecule has 1 aliphatic heterocycles. The maximum absolute atomic E-state index is 11.3. The highest BCUT2D eigenvalue weighted by molar-refractivity contribution is 5.77. The number of allylic oxidation sites excluding steroid dienone is 1. The zero-order valence-electron chi connectivity index (χ0n) is 12.1. The summed E-state index contributed by atoms with van der Waals surface area (Å²) in [5.74, 6) is 0.939. The molecular formula is C18H20O2. The average molecular weight is 268 g/mol. The first kappa shape index (κ1) is 13.2. The fraction of sp³-hybridized carbons (Fsp3) is 0.389. The normalized spacial score (nSPS) is 25.6. The Morgan fingerprint density at radius 2 is 1.95 bits per heavy atom. The fourth-order valence-corrected chi connectivity index (χ4v) is 3.42. The Morgan fingerprint density at radius 1 is 1.20 bits per heavy atom. The van der Waals surface area contributed by atoms with Gasteiger partial charge in [-0.1, -0.05) is 24.3 Å². The van der Waals surface area contributed by atoms with Crippen molar-refractivity contribution in [1.29, 1.82) is 0 Å². The second kappa shape index (κ2) is 4.93. The van der Waals surface area contributed by atoms with E-state index in [-0.39, 0.29) is 0 Å². The van der Waals surface area contributed by atoms with Gasteiger partial charge in [-0.05, 0) is 62.0 Å². The summed E-state index contributed by atoms with van der Waals surface area (Å²) in [6.45, 7) is 4.09. The largest absolute Gasteiger partial charge is 0.483 e. The Bertz CT molecular complexity index is 696. The molecule has 2 heteroatoms. The smallest absolute Gasteiger partial charge is 0.146 e. The SMILES string of the molecule is CC1=c2ccccc2=CC(C)(C2=C(C=O)CCCC2)O1. The molecule has 2 aliphatic rings. The first-order valence-corrected chi connectivity index (χ1v) is 7.29. The average Bonchev–Trinajstić information content (AvgIpc) is 2.47. The van der Waals surface area contributed by atoms with Crippen LogP contribution in [0.3, 0.4) is 0 Å². The van der Waals surface area contributed by atoms with E-state index >= 15 is 0 Å². The topological polar surface area (TPSA) is 26.3 Å². The molecular weight excluding hydrogens is 248 g/mol. The second-order valence-electron chi connectivity index (χ2n) is 5.83. The Morgan fingerprint density at radius 3 is 2.75 bits per heavy atom. The summed E-state index contributed by atoms with van der Waals surface area (Å²) in [4.78, 5) is 11.3. The van der Waals surface area contributed by atoms with E-state index in [1.165, 1.54) is 5.22 Å². The second-order valence-corrected chi connectivity index (χ2v) is 5.83. The molecule has 0 saturated heterocycles. The molecule has 1 aromatic rings. The molecule has 0 fully saturated rings. The van der Waals surface area contributed by atoms with Gasteiger partial charge in [0.05, 0.1) is 0 Å². The van der Waals surface area contributed by atoms with Crippen LogP contribution in [0.5, 0.6) is 0 Å². The van der Waals surface area contributed by atoms with Crippen LogP contribution in [-0.2, 0) is 9.53 Å². The minimum atomic E-state index is -0.477. The first-order valence-electron chi connectivity index (χ1n) is 7.29. The van der Waals surface area contributed by atoms with E-state index in [0.717, 1.165) is 54.1 Å². The Hall–Kier alpha value is -1.83. The number of carbonyl (C=O) groups is 1. The third-order valence-electron chi connectivity index (χ3n) is 4.39. The number of carbonyl (C=O) groups excluding carboxylic acids is 1. The molecule has 0 aromatic heterocycles. The molecule has 2 nitrogen and oxygen atoms in total. The Balaban J connectivity index is 2.18. The van der Waals surface area contributed by atoms with Gasteiger partial charge in [0.2, 0.25) is 0 Å². The number of ether oxygens (including phenoxy) is 1. The molecule has 0 bridgehead atoms. The minimum absolute atomic E-state index is 0.477. The molecule has 1 aliphatic carbocycles. The van der Waals surface area contributed by atoms with Crippen molar-refractivity contribution in [2.45, 2.75) is 45.1 Å². The fourth-order valence-electron chi connectivity index (χ4n) is 3.42. The van der Waals surface area contributed by atoms with Crippen LogP contribution in [-0.4, -0.2) is 11.9 Å². The van der Waals surface area contributed by atoms with Gasteiger partial charge in [-0.25, -0.2) is 0 Å². The summed E-state index contributed by atoms with van der Waals surface area (Å²) in [5.41, 5.74) is 1.62. The molecule has 0 N–H and O–H groups in total. The van der Waals surface area contributed by atoms with Crippen molar-refractivity contribution >= 4 is 18.1 Å². The summed E-state index contributed by atoms with van der Waals surface area (Å²) in [6, 6.07) is 8.27. The van der Waals surface area contributed by atoms with E-state index < -0.39 is 5.60 Å². The third kappa shape index (κ3) is 2.09. The summed E-state index contributed by atoms with van der Waals surface area (Å²) >= 11 is 0. The van der Waals surface area contributed by atoms with Crippen LogP contribution in [0.4, 0.5) is 0 Å². The van der Waals surface area contributed by atoms with Gasteiger partial charge < -0.3 is 4.74 Å². The number of aldehydes is 1. The lowest BCUT2D eigenvalue weighted by molar-refractivity contribution is -0.105. The van der Waals surface area contributed by atoms with Crippen LogP contribution in [0.2, 0.25) is 0 Å². The highest BCUT2D eigenvalue weighted by Gasteiger charge is 2.34. The van der Waals surface area contributed by atoms with Gasteiger partial charge in [-0.2, -0.15) is 0 Å². The molecule has 3 rings (SSSR count). The predicted octanol–water partition coefficient (Wildman–Crippen LogP) is 2.45. The van der Waals surface area contributed by atoms with Crippen molar-refractivity contribution in [3.05, 3.63) is 45.8 Å². The minimum Gasteiger partial charge on any atom is -0.483 e. The first-order chi connectivity index (χ1) is 9.64. The van der Waals surface area contributed by atoms with Gasteiger partial charge >= 0.3 is 0 Å². The zero-order valence-corrected chi connectivity index (χ0v) is 12.1. The third-order valence-corrected chi connectivity index (χ3v) is 4.39. The van der Waals surface area contributed by atoms with Crippen LogP contribution in [0.25, 0.3) is 11.8 Å². The van der Waals surface area contributed by atoms with Gasteiger partial charge in [0, 0.05) is 5.22 Å². The molecule has 0 saturated carbocycles. The van der Waals surface area contributed by atoms with E-state index in [0.29, 0.717) is 0 Å². The van der Waals surface area contributed by atoms with Crippen molar-refractivity contribution in [1.82, 2.24) is 0 Å². The van der Waals surface area contributed by atoms with Crippen LogP contribution in [0.1, 0.15) is 39.5 Å². The standard InChI is InChI=1S/C18H20O2/c1-13-16-9-5-3-7-14(16)11-18(2,20-13)17-10-6-4-8-15(17)12-19/h3,5,7,9,11-12H,4,6,8,10H2,1-2H3. The summed E-state index contributed by atoms with van der Waals surface area (Å²) in [5, 5.41) is 2.34. The highest BCUT2D eigenvalue weighted by atomic mass is 16.5.